The van der Waals surface area contributed by atoms with Crippen LogP contribution in [0.5, 0.6) is 5.75 Å². The van der Waals surface area contributed by atoms with Gasteiger partial charge in [0.1, 0.15) is 17.4 Å². The highest BCUT2D eigenvalue weighted by Gasteiger charge is 2.21. The summed E-state index contributed by atoms with van der Waals surface area (Å²) in [5.74, 6) is -0.241. The summed E-state index contributed by atoms with van der Waals surface area (Å²) in [5.41, 5.74) is 2.80. The van der Waals surface area contributed by atoms with Gasteiger partial charge in [-0.2, -0.15) is 5.26 Å². The normalized spacial score (nSPS) is 11.8. The second-order valence-corrected chi connectivity index (χ2v) is 10.7. The molecule has 1 amide bonds. The van der Waals surface area contributed by atoms with Crippen molar-refractivity contribution in [3.05, 3.63) is 51.8 Å². The number of rotatable bonds is 7. The lowest BCUT2D eigenvalue weighted by atomic mass is 10.1. The van der Waals surface area contributed by atoms with Gasteiger partial charge in [-0.25, -0.2) is 8.42 Å². The molecule has 0 saturated carbocycles. The highest BCUT2D eigenvalue weighted by atomic mass is 35.5. The van der Waals surface area contributed by atoms with Crippen molar-refractivity contribution < 1.29 is 17.9 Å². The first-order chi connectivity index (χ1) is 15.6. The number of hydrogen-bond donors (Lipinski definition) is 1. The van der Waals surface area contributed by atoms with Crippen LogP contribution in [0.4, 0.5) is 5.13 Å². The molecule has 172 valence electrons. The third kappa shape index (κ3) is 5.08. The summed E-state index contributed by atoms with van der Waals surface area (Å²) in [7, 11) is -1.98. The van der Waals surface area contributed by atoms with Gasteiger partial charge in [-0.3, -0.25) is 10.1 Å². The molecule has 1 N–H and O–H groups in total. The molecule has 12 heteroatoms. The van der Waals surface area contributed by atoms with E-state index in [-0.39, 0.29) is 20.8 Å². The molecule has 0 fully saturated rings. The quantitative estimate of drug-likeness (QED) is 0.292. The van der Waals surface area contributed by atoms with E-state index in [0.29, 0.717) is 16.3 Å². The van der Waals surface area contributed by atoms with Crippen molar-refractivity contribution in [3.8, 4) is 17.5 Å². The van der Waals surface area contributed by atoms with E-state index < -0.39 is 15.7 Å². The fourth-order valence-electron chi connectivity index (χ4n) is 3.12. The molecule has 2 aromatic heterocycles. The molecule has 3 rings (SSSR count). The molecular formula is C21H20ClN5O4S2. The lowest BCUT2D eigenvalue weighted by Gasteiger charge is -2.14. The Bertz CT molecular complexity index is 1400. The molecule has 0 aliphatic heterocycles. The number of amides is 1. The van der Waals surface area contributed by atoms with E-state index in [1.807, 2.05) is 30.6 Å². The van der Waals surface area contributed by atoms with Crippen molar-refractivity contribution in [1.29, 1.82) is 5.26 Å². The predicted molar refractivity (Wildman–Crippen MR) is 127 cm³/mol. The van der Waals surface area contributed by atoms with E-state index in [1.165, 1.54) is 13.0 Å². The molecule has 2 heterocycles. The first-order valence-electron chi connectivity index (χ1n) is 9.63. The SMILES string of the molecule is CCS(=O)(=O)c1nnc(NC(=O)/C(C#N)=C\c2cc(C)n(-c3cc(Cl)ccc3OC)c2C)s1. The minimum atomic E-state index is -3.54. The van der Waals surface area contributed by atoms with Gasteiger partial charge in [0.15, 0.2) is 0 Å². The average molecular weight is 506 g/mol. The summed E-state index contributed by atoms with van der Waals surface area (Å²) in [4.78, 5) is 12.6. The van der Waals surface area contributed by atoms with Crippen LogP contribution in [0.1, 0.15) is 23.9 Å². The van der Waals surface area contributed by atoms with Gasteiger partial charge in [0.2, 0.25) is 19.3 Å². The smallest absolute Gasteiger partial charge is 0.268 e. The first kappa shape index (κ1) is 24.4. The zero-order valence-electron chi connectivity index (χ0n) is 18.2. The molecule has 33 heavy (non-hydrogen) atoms. The monoisotopic (exact) mass is 505 g/mol. The summed E-state index contributed by atoms with van der Waals surface area (Å²) in [6.07, 6.45) is 1.45. The second-order valence-electron chi connectivity index (χ2n) is 6.88. The van der Waals surface area contributed by atoms with Crippen molar-refractivity contribution in [3.63, 3.8) is 0 Å². The standard InChI is InChI=1S/C21H20ClN5O4S2/c1-5-33(29,30)21-26-25-20(32-21)24-19(28)15(11-23)9-14-8-12(2)27(13(14)3)17-10-16(22)6-7-18(17)31-4/h6-10H,5H2,1-4H3,(H,24,25,28)/b15-9-. The first-order valence-corrected chi connectivity index (χ1v) is 12.5. The van der Waals surface area contributed by atoms with Crippen LogP contribution in [0.2, 0.25) is 5.02 Å². The Kier molecular flexibility index (Phi) is 7.22. The van der Waals surface area contributed by atoms with Gasteiger partial charge < -0.3 is 9.30 Å². The molecule has 0 bridgehead atoms. The fraction of sp³-hybridized carbons (Fsp3) is 0.238. The molecule has 1 aromatic carbocycles. The van der Waals surface area contributed by atoms with Gasteiger partial charge in [0.25, 0.3) is 5.91 Å². The topological polar surface area (TPSA) is 127 Å². The maximum Gasteiger partial charge on any atom is 0.268 e. The lowest BCUT2D eigenvalue weighted by Crippen LogP contribution is -2.13. The fourth-order valence-corrected chi connectivity index (χ4v) is 5.27. The van der Waals surface area contributed by atoms with Crippen molar-refractivity contribution >= 4 is 49.9 Å². The minimum Gasteiger partial charge on any atom is -0.495 e. The molecule has 0 unspecified atom stereocenters. The lowest BCUT2D eigenvalue weighted by molar-refractivity contribution is -0.112. The highest BCUT2D eigenvalue weighted by Crippen LogP contribution is 2.31. The zero-order chi connectivity index (χ0) is 24.3. The van der Waals surface area contributed by atoms with Crippen LogP contribution in [0.3, 0.4) is 0 Å². The summed E-state index contributed by atoms with van der Waals surface area (Å²) in [6, 6.07) is 8.96. The number of aryl methyl sites for hydroxylation is 1. The Labute approximate surface area is 200 Å². The Morgan fingerprint density at radius 3 is 2.70 bits per heavy atom. The van der Waals surface area contributed by atoms with Gasteiger partial charge in [0.05, 0.1) is 18.6 Å². The van der Waals surface area contributed by atoms with Crippen molar-refractivity contribution in [2.24, 2.45) is 0 Å². The van der Waals surface area contributed by atoms with Crippen LogP contribution < -0.4 is 10.1 Å². The van der Waals surface area contributed by atoms with Gasteiger partial charge in [-0.05, 0) is 49.8 Å². The van der Waals surface area contributed by atoms with Crippen LogP contribution >= 0.6 is 22.9 Å². The zero-order valence-corrected chi connectivity index (χ0v) is 20.6. The number of methoxy groups -OCH3 is 1. The molecule has 0 aliphatic rings. The van der Waals surface area contributed by atoms with Crippen LogP contribution in [-0.2, 0) is 14.6 Å². The van der Waals surface area contributed by atoms with E-state index in [1.54, 1.807) is 25.3 Å². The maximum atomic E-state index is 12.6. The highest BCUT2D eigenvalue weighted by molar-refractivity contribution is 7.93. The number of halogens is 1. The van der Waals surface area contributed by atoms with Gasteiger partial charge in [0, 0.05) is 16.4 Å². The Morgan fingerprint density at radius 1 is 1.33 bits per heavy atom. The molecule has 3 aromatic rings. The number of ether oxygens (including phenoxy) is 1. The summed E-state index contributed by atoms with van der Waals surface area (Å²) >= 11 is 6.91. The van der Waals surface area contributed by atoms with E-state index in [4.69, 9.17) is 16.3 Å². The largest absolute Gasteiger partial charge is 0.495 e. The summed E-state index contributed by atoms with van der Waals surface area (Å²) in [5, 5.41) is 19.8. The Hall–Kier alpha value is -3.20. The van der Waals surface area contributed by atoms with Crippen LogP contribution in [-0.4, -0.2) is 42.0 Å². The van der Waals surface area contributed by atoms with Crippen molar-refractivity contribution in [2.45, 2.75) is 25.1 Å². The van der Waals surface area contributed by atoms with E-state index in [2.05, 4.69) is 15.5 Å². The number of carbonyl (C=O) groups excluding carboxylic acids is 1. The average Bonchev–Trinajstić information content (AvgIpc) is 3.36. The number of benzene rings is 1. The van der Waals surface area contributed by atoms with Crippen molar-refractivity contribution in [1.82, 2.24) is 14.8 Å². The molecular weight excluding hydrogens is 486 g/mol. The Balaban J connectivity index is 1.94. The van der Waals surface area contributed by atoms with Gasteiger partial charge in [-0.15, -0.1) is 10.2 Å². The number of aromatic nitrogens is 3. The van der Waals surface area contributed by atoms with Gasteiger partial charge in [-0.1, -0.05) is 29.9 Å². The number of nitrogens with one attached hydrogen (secondary N) is 1. The van der Waals surface area contributed by atoms with Crippen LogP contribution in [0.15, 0.2) is 34.2 Å². The third-order valence-electron chi connectivity index (χ3n) is 4.79. The number of anilines is 1. The minimum absolute atomic E-state index is 0.0117. The van der Waals surface area contributed by atoms with Gasteiger partial charge >= 0.3 is 0 Å². The molecule has 0 radical (unpaired) electrons. The molecule has 9 nitrogen and oxygen atoms in total. The number of sulfone groups is 1. The molecule has 0 atom stereocenters. The summed E-state index contributed by atoms with van der Waals surface area (Å²) < 4.78 is 31.0. The van der Waals surface area contributed by atoms with Crippen molar-refractivity contribution in [2.75, 3.05) is 18.2 Å². The molecule has 0 saturated heterocycles. The number of hydrogen-bond acceptors (Lipinski definition) is 8. The van der Waals surface area contributed by atoms with Crippen LogP contribution in [0, 0.1) is 25.2 Å². The number of carbonyl (C=O) groups is 1. The predicted octanol–water partition coefficient (Wildman–Crippen LogP) is 3.95. The molecule has 0 aliphatic carbocycles. The second kappa shape index (κ2) is 9.74. The maximum absolute atomic E-state index is 12.6. The third-order valence-corrected chi connectivity index (χ3v) is 8.04. The number of nitriles is 1. The van der Waals surface area contributed by atoms with E-state index >= 15 is 0 Å². The van der Waals surface area contributed by atoms with E-state index in [0.717, 1.165) is 28.4 Å². The van der Waals surface area contributed by atoms with E-state index in [9.17, 15) is 18.5 Å². The summed E-state index contributed by atoms with van der Waals surface area (Å²) in [6.45, 7) is 5.22. The number of nitrogens with zero attached hydrogens (tertiary/aromatic N) is 4. The Morgan fingerprint density at radius 2 is 2.06 bits per heavy atom. The molecule has 0 spiro atoms. The van der Waals surface area contributed by atoms with Crippen LogP contribution in [0.25, 0.3) is 11.8 Å².